The fraction of sp³-hybridized carbons (Fsp3) is 0.522. The van der Waals surface area contributed by atoms with E-state index < -0.39 is 0 Å². The third-order valence-corrected chi connectivity index (χ3v) is 7.18. The summed E-state index contributed by atoms with van der Waals surface area (Å²) in [6.45, 7) is 7.90. The first kappa shape index (κ1) is 21.3. The van der Waals surface area contributed by atoms with E-state index >= 15 is 0 Å². The molecule has 0 aliphatic carbocycles. The van der Waals surface area contributed by atoms with Crippen LogP contribution >= 0.6 is 11.6 Å². The van der Waals surface area contributed by atoms with Gasteiger partial charge in [-0.3, -0.25) is 9.69 Å². The maximum Gasteiger partial charge on any atom is 0.344 e. The molecule has 4 heterocycles. The monoisotopic (exact) mass is 456 g/mol. The number of benzene rings is 1. The van der Waals surface area contributed by atoms with Crippen LogP contribution in [-0.2, 0) is 11.3 Å². The van der Waals surface area contributed by atoms with Gasteiger partial charge in [-0.05, 0) is 42.4 Å². The molecule has 2 unspecified atom stereocenters. The van der Waals surface area contributed by atoms with Crippen LogP contribution in [0.1, 0.15) is 25.3 Å². The molecule has 170 valence electrons. The van der Waals surface area contributed by atoms with E-state index in [1.165, 1.54) is 35.7 Å². The van der Waals surface area contributed by atoms with Gasteiger partial charge in [0.15, 0.2) is 5.82 Å². The third-order valence-electron chi connectivity index (χ3n) is 6.82. The Kier molecular flexibility index (Phi) is 5.82. The van der Waals surface area contributed by atoms with E-state index in [1.807, 2.05) is 4.90 Å². The van der Waals surface area contributed by atoms with Crippen LogP contribution in [-0.4, -0.2) is 70.8 Å². The van der Waals surface area contributed by atoms with Gasteiger partial charge < -0.3 is 15.1 Å². The minimum atomic E-state index is -0.204. The molecule has 0 bridgehead atoms. The first-order valence-electron chi connectivity index (χ1n) is 11.3. The highest BCUT2D eigenvalue weighted by atomic mass is 35.5. The molecule has 8 nitrogen and oxygen atoms in total. The van der Waals surface area contributed by atoms with Gasteiger partial charge in [0.05, 0.1) is 0 Å². The lowest BCUT2D eigenvalue weighted by molar-refractivity contribution is -0.114. The number of hydrogen-bond acceptors (Lipinski definition) is 5. The number of aromatic nitrogens is 2. The Morgan fingerprint density at radius 1 is 1.09 bits per heavy atom. The smallest absolute Gasteiger partial charge is 0.344 e. The summed E-state index contributed by atoms with van der Waals surface area (Å²) in [5.41, 5.74) is 2.40. The zero-order valence-corrected chi connectivity index (χ0v) is 19.1. The van der Waals surface area contributed by atoms with Crippen LogP contribution in [0.5, 0.6) is 0 Å². The van der Waals surface area contributed by atoms with Crippen LogP contribution in [0, 0.1) is 11.8 Å². The molecule has 3 saturated heterocycles. The number of nitrogens with zero attached hydrogens (tertiary/aromatic N) is 5. The Balaban J connectivity index is 1.16. The summed E-state index contributed by atoms with van der Waals surface area (Å²) >= 11 is 6.63. The summed E-state index contributed by atoms with van der Waals surface area (Å²) < 4.78 is 1.31. The van der Waals surface area contributed by atoms with Crippen molar-refractivity contribution in [1.82, 2.24) is 19.6 Å². The molecule has 1 aromatic heterocycles. The maximum absolute atomic E-state index is 12.8. The zero-order valence-electron chi connectivity index (χ0n) is 18.3. The number of carbonyl (C=O) groups excluding carboxylic acids is 2. The zero-order chi connectivity index (χ0) is 22.2. The van der Waals surface area contributed by atoms with Gasteiger partial charge in [-0.25, -0.2) is 4.79 Å². The van der Waals surface area contributed by atoms with Crippen molar-refractivity contribution >= 4 is 35.0 Å². The fourth-order valence-corrected chi connectivity index (χ4v) is 5.51. The molecule has 0 radical (unpaired) electrons. The van der Waals surface area contributed by atoms with Crippen LogP contribution in [0.15, 0.2) is 30.5 Å². The molecular formula is C23H29ClN6O2. The van der Waals surface area contributed by atoms with Gasteiger partial charge >= 0.3 is 6.03 Å². The number of hydrogen-bond donors (Lipinski definition) is 1. The maximum atomic E-state index is 12.8. The molecule has 1 aromatic carbocycles. The average Bonchev–Trinajstić information content (AvgIpc) is 3.53. The van der Waals surface area contributed by atoms with Crippen LogP contribution < -0.4 is 10.2 Å². The van der Waals surface area contributed by atoms with E-state index in [0.29, 0.717) is 17.7 Å². The van der Waals surface area contributed by atoms with Gasteiger partial charge in [0.2, 0.25) is 5.91 Å². The molecule has 32 heavy (non-hydrogen) atoms. The quantitative estimate of drug-likeness (QED) is 0.765. The molecule has 0 spiro atoms. The lowest BCUT2D eigenvalue weighted by atomic mass is 10.0. The van der Waals surface area contributed by atoms with Gasteiger partial charge in [0.1, 0.15) is 0 Å². The van der Waals surface area contributed by atoms with Crippen LogP contribution in [0.3, 0.4) is 0 Å². The predicted molar refractivity (Wildman–Crippen MR) is 124 cm³/mol. The van der Waals surface area contributed by atoms with Crippen LogP contribution in [0.4, 0.5) is 16.3 Å². The lowest BCUT2D eigenvalue weighted by Gasteiger charge is -2.23. The highest BCUT2D eigenvalue weighted by Crippen LogP contribution is 2.34. The second-order valence-electron chi connectivity index (χ2n) is 9.20. The first-order valence-corrected chi connectivity index (χ1v) is 11.7. The second-order valence-corrected chi connectivity index (χ2v) is 9.61. The summed E-state index contributed by atoms with van der Waals surface area (Å²) in [7, 11) is 0. The summed E-state index contributed by atoms with van der Waals surface area (Å²) in [6, 6.07) is 7.98. The number of nitrogens with one attached hydrogen (secondary N) is 1. The van der Waals surface area contributed by atoms with Crippen molar-refractivity contribution in [3.63, 3.8) is 0 Å². The SMILES string of the molecule is CC(=O)Nc1ccn(C(=O)N2CC3CN(Cc4ccc(N5CCCC5)cc4Cl)CC3C2)n1. The molecule has 3 fully saturated rings. The van der Waals surface area contributed by atoms with Gasteiger partial charge in [-0.2, -0.15) is 4.68 Å². The Labute approximate surface area is 193 Å². The van der Waals surface area contributed by atoms with Crippen molar-refractivity contribution in [2.45, 2.75) is 26.3 Å². The largest absolute Gasteiger partial charge is 0.371 e. The van der Waals surface area contributed by atoms with E-state index in [0.717, 1.165) is 50.8 Å². The molecule has 3 aliphatic heterocycles. The minimum absolute atomic E-state index is 0.136. The van der Waals surface area contributed by atoms with E-state index in [1.54, 1.807) is 12.3 Å². The fourth-order valence-electron chi connectivity index (χ4n) is 5.28. The molecule has 2 aromatic rings. The Morgan fingerprint density at radius 3 is 2.47 bits per heavy atom. The summed E-state index contributed by atoms with van der Waals surface area (Å²) in [6.07, 6.45) is 4.11. The average molecular weight is 457 g/mol. The van der Waals surface area contributed by atoms with Crippen LogP contribution in [0.2, 0.25) is 5.02 Å². The molecule has 5 rings (SSSR count). The molecule has 0 saturated carbocycles. The second kappa shape index (κ2) is 8.75. The highest BCUT2D eigenvalue weighted by Gasteiger charge is 2.42. The number of carbonyl (C=O) groups is 2. The number of amides is 2. The Bertz CT molecular complexity index is 1000. The lowest BCUT2D eigenvalue weighted by Crippen LogP contribution is -2.36. The van der Waals surface area contributed by atoms with Gasteiger partial charge in [0.25, 0.3) is 0 Å². The highest BCUT2D eigenvalue weighted by molar-refractivity contribution is 6.31. The number of halogens is 1. The molecule has 3 aliphatic rings. The normalized spacial score (nSPS) is 23.1. The molecule has 2 atom stereocenters. The summed E-state index contributed by atoms with van der Waals surface area (Å²) in [4.78, 5) is 30.7. The molecule has 9 heteroatoms. The topological polar surface area (TPSA) is 73.7 Å². The van der Waals surface area contributed by atoms with E-state index in [4.69, 9.17) is 11.6 Å². The van der Waals surface area contributed by atoms with Crippen molar-refractivity contribution in [3.05, 3.63) is 41.0 Å². The van der Waals surface area contributed by atoms with Crippen molar-refractivity contribution < 1.29 is 9.59 Å². The minimum Gasteiger partial charge on any atom is -0.371 e. The molecule has 2 amide bonds. The molecule has 1 N–H and O–H groups in total. The molecular weight excluding hydrogens is 428 g/mol. The van der Waals surface area contributed by atoms with Crippen molar-refractivity contribution in [2.24, 2.45) is 11.8 Å². The van der Waals surface area contributed by atoms with E-state index in [-0.39, 0.29) is 11.9 Å². The third kappa shape index (κ3) is 4.34. The number of anilines is 2. The Morgan fingerprint density at radius 2 is 1.81 bits per heavy atom. The van der Waals surface area contributed by atoms with Crippen molar-refractivity contribution in [3.8, 4) is 0 Å². The summed E-state index contributed by atoms with van der Waals surface area (Å²) in [5, 5.41) is 7.62. The summed E-state index contributed by atoms with van der Waals surface area (Å²) in [5.74, 6) is 1.12. The van der Waals surface area contributed by atoms with Crippen molar-refractivity contribution in [1.29, 1.82) is 0 Å². The standard InChI is InChI=1S/C23H29ClN6O2/c1-16(31)25-22-6-9-30(26-22)23(32)29-14-18-12-27(13-19(18)15-29)11-17-4-5-20(10-21(17)24)28-7-2-3-8-28/h4-6,9-10,18-19H,2-3,7-8,11-15H2,1H3,(H,25,26,31). The van der Waals surface area contributed by atoms with Gasteiger partial charge in [-0.15, -0.1) is 5.10 Å². The van der Waals surface area contributed by atoms with Gasteiger partial charge in [-0.1, -0.05) is 17.7 Å². The first-order chi connectivity index (χ1) is 15.5. The number of likely N-dealkylation sites (tertiary alicyclic amines) is 2. The number of rotatable bonds is 4. The van der Waals surface area contributed by atoms with E-state index in [9.17, 15) is 9.59 Å². The predicted octanol–water partition coefficient (Wildman–Crippen LogP) is 3.13. The van der Waals surface area contributed by atoms with Crippen molar-refractivity contribution in [2.75, 3.05) is 49.5 Å². The number of fused-ring (bicyclic) bond motifs is 1. The van der Waals surface area contributed by atoms with Gasteiger partial charge in [0, 0.05) is 75.7 Å². The van der Waals surface area contributed by atoms with E-state index in [2.05, 4.69) is 38.4 Å². The van der Waals surface area contributed by atoms with Crippen LogP contribution in [0.25, 0.3) is 0 Å². The Hall–Kier alpha value is -2.58.